The quantitative estimate of drug-likeness (QED) is 0.641. The van der Waals surface area contributed by atoms with Crippen LogP contribution in [0.5, 0.6) is 0 Å². The minimum absolute atomic E-state index is 0.421. The predicted octanol–water partition coefficient (Wildman–Crippen LogP) is 2.37. The molecular weight excluding hydrogens is 348 g/mol. The maximum absolute atomic E-state index is 5.66. The first-order chi connectivity index (χ1) is 12.8. The third-order valence-electron chi connectivity index (χ3n) is 4.39. The van der Waals surface area contributed by atoms with E-state index in [1.807, 2.05) is 24.3 Å². The van der Waals surface area contributed by atoms with Gasteiger partial charge in [-0.1, -0.05) is 30.3 Å². The molecule has 1 aliphatic rings. The summed E-state index contributed by atoms with van der Waals surface area (Å²) in [5.41, 5.74) is 1.16. The van der Waals surface area contributed by atoms with E-state index < -0.39 is 0 Å². The molecule has 0 amide bonds. The highest BCUT2D eigenvalue weighted by Gasteiger charge is 2.20. The van der Waals surface area contributed by atoms with Gasteiger partial charge in [-0.05, 0) is 23.8 Å². The molecule has 0 N–H and O–H groups in total. The molecule has 4 rings (SSSR count). The summed E-state index contributed by atoms with van der Waals surface area (Å²) in [6.07, 6.45) is 4.20. The molecule has 26 heavy (non-hydrogen) atoms. The van der Waals surface area contributed by atoms with Crippen molar-refractivity contribution in [2.75, 3.05) is 31.1 Å². The van der Waals surface area contributed by atoms with Crippen LogP contribution in [0.25, 0.3) is 0 Å². The highest BCUT2D eigenvalue weighted by atomic mass is 32.1. The Morgan fingerprint density at radius 2 is 1.69 bits per heavy atom. The van der Waals surface area contributed by atoms with Gasteiger partial charge in [-0.3, -0.25) is 4.90 Å². The van der Waals surface area contributed by atoms with Gasteiger partial charge in [0.25, 0.3) is 4.84 Å². The van der Waals surface area contributed by atoms with E-state index in [1.54, 1.807) is 17.1 Å². The second-order valence-corrected chi connectivity index (χ2v) is 6.57. The van der Waals surface area contributed by atoms with E-state index in [1.165, 1.54) is 0 Å². The summed E-state index contributed by atoms with van der Waals surface area (Å²) in [7, 11) is 0. The Morgan fingerprint density at radius 3 is 2.42 bits per heavy atom. The number of hydrogen-bond acceptors (Lipinski definition) is 7. The summed E-state index contributed by atoms with van der Waals surface area (Å²) in [6.45, 7) is 4.21. The lowest BCUT2D eigenvalue weighted by atomic mass is 10.2. The highest BCUT2D eigenvalue weighted by molar-refractivity contribution is 7.71. The van der Waals surface area contributed by atoms with Crippen molar-refractivity contribution in [3.05, 3.63) is 65.1 Å². The Morgan fingerprint density at radius 1 is 0.962 bits per heavy atom. The van der Waals surface area contributed by atoms with Gasteiger partial charge in [0.2, 0.25) is 11.8 Å². The molecule has 8 heteroatoms. The summed E-state index contributed by atoms with van der Waals surface area (Å²) >= 11 is 5.33. The molecule has 3 heterocycles. The number of benzene rings is 1. The summed E-state index contributed by atoms with van der Waals surface area (Å²) < 4.78 is 7.43. The lowest BCUT2D eigenvalue weighted by Gasteiger charge is -2.34. The summed E-state index contributed by atoms with van der Waals surface area (Å²) in [5.74, 6) is 1.44. The van der Waals surface area contributed by atoms with Crippen molar-refractivity contribution in [1.82, 2.24) is 24.6 Å². The fourth-order valence-electron chi connectivity index (χ4n) is 3.01. The lowest BCUT2D eigenvalue weighted by molar-refractivity contribution is 0.191. The van der Waals surface area contributed by atoms with E-state index in [9.17, 15) is 0 Å². The number of hydrogen-bond donors (Lipinski definition) is 0. The fourth-order valence-corrected chi connectivity index (χ4v) is 3.21. The van der Waals surface area contributed by atoms with Gasteiger partial charge < -0.3 is 9.32 Å². The Bertz CT molecular complexity index is 887. The van der Waals surface area contributed by atoms with Crippen LogP contribution in [0.3, 0.4) is 0 Å². The molecule has 0 saturated carbocycles. The molecule has 1 aromatic carbocycles. The number of anilines is 1. The maximum atomic E-state index is 5.66. The normalized spacial score (nSPS) is 15.3. The van der Waals surface area contributed by atoms with Crippen LogP contribution < -0.4 is 4.90 Å². The third-order valence-corrected chi connectivity index (χ3v) is 4.68. The molecule has 0 radical (unpaired) electrons. The van der Waals surface area contributed by atoms with Crippen molar-refractivity contribution < 1.29 is 4.42 Å². The first kappa shape index (κ1) is 16.9. The zero-order valence-electron chi connectivity index (χ0n) is 14.4. The van der Waals surface area contributed by atoms with E-state index in [2.05, 4.69) is 37.0 Å². The van der Waals surface area contributed by atoms with Crippen molar-refractivity contribution in [3.8, 4) is 0 Å². The van der Waals surface area contributed by atoms with Gasteiger partial charge >= 0.3 is 0 Å². The molecular formula is C18H20N6OS. The van der Waals surface area contributed by atoms with Crippen molar-refractivity contribution in [1.29, 1.82) is 0 Å². The topological polar surface area (TPSA) is 63.2 Å². The molecule has 134 valence electrons. The molecule has 0 spiro atoms. The van der Waals surface area contributed by atoms with E-state index in [4.69, 9.17) is 16.6 Å². The van der Waals surface area contributed by atoms with Gasteiger partial charge in [-0.2, -0.15) is 0 Å². The predicted molar refractivity (Wildman–Crippen MR) is 100 cm³/mol. The summed E-state index contributed by atoms with van der Waals surface area (Å²) in [6, 6.07) is 12.0. The van der Waals surface area contributed by atoms with Gasteiger partial charge in [-0.15, -0.1) is 5.10 Å². The van der Waals surface area contributed by atoms with Crippen molar-refractivity contribution in [2.45, 2.75) is 13.1 Å². The Balaban J connectivity index is 1.36. The highest BCUT2D eigenvalue weighted by Crippen LogP contribution is 2.12. The van der Waals surface area contributed by atoms with E-state index in [-0.39, 0.29) is 0 Å². The fraction of sp³-hybridized carbons (Fsp3) is 0.333. The Hall–Kier alpha value is -2.58. The molecule has 0 unspecified atom stereocenters. The molecule has 2 aromatic heterocycles. The molecule has 1 fully saturated rings. The monoisotopic (exact) mass is 368 g/mol. The molecule has 1 aliphatic heterocycles. The van der Waals surface area contributed by atoms with Crippen molar-refractivity contribution >= 4 is 18.2 Å². The maximum Gasteiger partial charge on any atom is 0.288 e. The number of nitrogens with zero attached hydrogens (tertiary/aromatic N) is 6. The van der Waals surface area contributed by atoms with Crippen molar-refractivity contribution in [3.63, 3.8) is 0 Å². The molecule has 0 bridgehead atoms. The zero-order chi connectivity index (χ0) is 17.8. The first-order valence-corrected chi connectivity index (χ1v) is 9.04. The average Bonchev–Trinajstić information content (AvgIpc) is 3.03. The SMILES string of the molecule is S=c1oc(Cc2ccccc2)nn1CN1CCN(c2ncccn2)CC1. The van der Waals surface area contributed by atoms with Crippen LogP contribution >= 0.6 is 12.2 Å². The van der Waals surface area contributed by atoms with Crippen LogP contribution in [0, 0.1) is 4.84 Å². The number of rotatable bonds is 5. The number of aromatic nitrogens is 4. The van der Waals surface area contributed by atoms with Gasteiger partial charge in [0, 0.05) is 38.6 Å². The van der Waals surface area contributed by atoms with Crippen LogP contribution in [0.2, 0.25) is 0 Å². The molecule has 3 aromatic rings. The minimum Gasteiger partial charge on any atom is -0.414 e. The smallest absolute Gasteiger partial charge is 0.288 e. The van der Waals surface area contributed by atoms with Gasteiger partial charge in [0.05, 0.1) is 13.1 Å². The van der Waals surface area contributed by atoms with Gasteiger partial charge in [0.1, 0.15) is 0 Å². The van der Waals surface area contributed by atoms with Gasteiger partial charge in [0.15, 0.2) is 0 Å². The molecule has 0 aliphatic carbocycles. The van der Waals surface area contributed by atoms with E-state index >= 15 is 0 Å². The van der Waals surface area contributed by atoms with Crippen LogP contribution in [0.1, 0.15) is 11.5 Å². The van der Waals surface area contributed by atoms with Crippen molar-refractivity contribution in [2.24, 2.45) is 0 Å². The van der Waals surface area contributed by atoms with Crippen LogP contribution in [-0.2, 0) is 13.1 Å². The average molecular weight is 368 g/mol. The van der Waals surface area contributed by atoms with E-state index in [0.29, 0.717) is 23.8 Å². The van der Waals surface area contributed by atoms with Crippen LogP contribution in [0.15, 0.2) is 53.2 Å². The Labute approximate surface area is 156 Å². The molecule has 0 atom stereocenters. The number of piperazine rings is 1. The Kier molecular flexibility index (Phi) is 5.03. The summed E-state index contributed by atoms with van der Waals surface area (Å²) in [4.78, 5) is 13.6. The summed E-state index contributed by atoms with van der Waals surface area (Å²) in [5, 5.41) is 4.54. The third kappa shape index (κ3) is 3.97. The minimum atomic E-state index is 0.421. The first-order valence-electron chi connectivity index (χ1n) is 8.63. The largest absolute Gasteiger partial charge is 0.414 e. The standard InChI is InChI=1S/C18H20N6OS/c26-18-24(21-16(25-18)13-15-5-2-1-3-6-15)14-22-9-11-23(12-10-22)17-19-7-4-8-20-17/h1-8H,9-14H2. The lowest BCUT2D eigenvalue weighted by Crippen LogP contribution is -2.47. The van der Waals surface area contributed by atoms with Crippen LogP contribution in [-0.4, -0.2) is 50.8 Å². The molecule has 1 saturated heterocycles. The second kappa shape index (κ2) is 7.76. The molecule has 7 nitrogen and oxygen atoms in total. The van der Waals surface area contributed by atoms with Crippen LogP contribution in [0.4, 0.5) is 5.95 Å². The second-order valence-electron chi connectivity index (χ2n) is 6.22. The zero-order valence-corrected chi connectivity index (χ0v) is 15.2. The van der Waals surface area contributed by atoms with Gasteiger partial charge in [-0.25, -0.2) is 14.6 Å². The van der Waals surface area contributed by atoms with E-state index in [0.717, 1.165) is 37.7 Å².